The SMILES string of the molecule is CN1CCN(c2ccc(CNC(=O)N3CCCC(c4ncc[nH]4)C3)cn2)CC1. The highest BCUT2D eigenvalue weighted by Gasteiger charge is 2.26. The van der Waals surface area contributed by atoms with E-state index >= 15 is 0 Å². The number of urea groups is 1. The van der Waals surface area contributed by atoms with Gasteiger partial charge in [0.15, 0.2) is 0 Å². The Hall–Kier alpha value is -2.61. The highest BCUT2D eigenvalue weighted by Crippen LogP contribution is 2.24. The molecular weight excluding hydrogens is 354 g/mol. The molecule has 0 aromatic carbocycles. The number of anilines is 1. The third-order valence-corrected chi connectivity index (χ3v) is 5.69. The normalized spacial score (nSPS) is 21.0. The Morgan fingerprint density at radius 3 is 2.79 bits per heavy atom. The van der Waals surface area contributed by atoms with Crippen molar-refractivity contribution >= 4 is 11.8 Å². The van der Waals surface area contributed by atoms with Crippen LogP contribution in [0.5, 0.6) is 0 Å². The molecule has 150 valence electrons. The van der Waals surface area contributed by atoms with Gasteiger partial charge in [-0.3, -0.25) is 0 Å². The molecule has 4 heterocycles. The minimum absolute atomic E-state index is 0.0144. The zero-order chi connectivity index (χ0) is 19.3. The monoisotopic (exact) mass is 383 g/mol. The van der Waals surface area contributed by atoms with Crippen molar-refractivity contribution in [2.75, 3.05) is 51.2 Å². The van der Waals surface area contributed by atoms with Crippen molar-refractivity contribution < 1.29 is 4.79 Å². The number of likely N-dealkylation sites (tertiary alicyclic amines) is 1. The predicted octanol–water partition coefficient (Wildman–Crippen LogP) is 1.65. The summed E-state index contributed by atoms with van der Waals surface area (Å²) >= 11 is 0. The first-order valence-corrected chi connectivity index (χ1v) is 10.1. The van der Waals surface area contributed by atoms with E-state index in [1.807, 2.05) is 17.3 Å². The van der Waals surface area contributed by atoms with E-state index in [1.165, 1.54) is 0 Å². The molecule has 28 heavy (non-hydrogen) atoms. The maximum atomic E-state index is 12.6. The van der Waals surface area contributed by atoms with Crippen molar-refractivity contribution in [3.05, 3.63) is 42.1 Å². The molecule has 2 aromatic heterocycles. The van der Waals surface area contributed by atoms with Gasteiger partial charge >= 0.3 is 6.03 Å². The van der Waals surface area contributed by atoms with Crippen molar-refractivity contribution in [2.24, 2.45) is 0 Å². The Balaban J connectivity index is 1.27. The maximum Gasteiger partial charge on any atom is 0.317 e. The lowest BCUT2D eigenvalue weighted by Crippen LogP contribution is -2.45. The molecule has 2 aromatic rings. The van der Waals surface area contributed by atoms with E-state index in [0.717, 1.165) is 62.8 Å². The summed E-state index contributed by atoms with van der Waals surface area (Å²) in [5, 5.41) is 3.04. The molecule has 1 unspecified atom stereocenters. The zero-order valence-corrected chi connectivity index (χ0v) is 16.5. The van der Waals surface area contributed by atoms with Crippen LogP contribution in [0.25, 0.3) is 0 Å². The van der Waals surface area contributed by atoms with Gasteiger partial charge in [-0.25, -0.2) is 14.8 Å². The first-order chi connectivity index (χ1) is 13.7. The Kier molecular flexibility index (Phi) is 5.76. The summed E-state index contributed by atoms with van der Waals surface area (Å²) in [5.41, 5.74) is 1.02. The standard InChI is InChI=1S/C20H29N7O/c1-25-9-11-26(12-10-25)18-5-4-16(13-23-18)14-24-20(28)27-8-2-3-17(15-27)19-21-6-7-22-19/h4-7,13,17H,2-3,8-12,14-15H2,1H3,(H,21,22)(H,24,28). The number of aromatic nitrogens is 3. The number of carbonyl (C=O) groups excluding carboxylic acids is 1. The molecule has 0 aliphatic carbocycles. The third kappa shape index (κ3) is 4.44. The number of likely N-dealkylation sites (N-methyl/N-ethyl adjacent to an activating group) is 1. The van der Waals surface area contributed by atoms with E-state index in [4.69, 9.17) is 0 Å². The highest BCUT2D eigenvalue weighted by atomic mass is 16.2. The first-order valence-electron chi connectivity index (χ1n) is 10.1. The van der Waals surface area contributed by atoms with Gasteiger partial charge in [-0.2, -0.15) is 0 Å². The summed E-state index contributed by atoms with van der Waals surface area (Å²) in [6.07, 6.45) is 7.55. The molecule has 0 saturated carbocycles. The molecule has 8 heteroatoms. The number of piperidine rings is 1. The van der Waals surface area contributed by atoms with Crippen molar-refractivity contribution in [3.8, 4) is 0 Å². The summed E-state index contributed by atoms with van der Waals surface area (Å²) in [6, 6.07) is 4.10. The lowest BCUT2D eigenvalue weighted by molar-refractivity contribution is 0.178. The molecule has 2 amide bonds. The summed E-state index contributed by atoms with van der Waals surface area (Å²) in [6.45, 7) is 6.14. The Bertz CT molecular complexity index is 753. The fourth-order valence-electron chi connectivity index (χ4n) is 3.92. The van der Waals surface area contributed by atoms with Crippen LogP contribution in [0.1, 0.15) is 30.1 Å². The maximum absolute atomic E-state index is 12.6. The molecule has 1 atom stereocenters. The van der Waals surface area contributed by atoms with Crippen molar-refractivity contribution in [2.45, 2.75) is 25.3 Å². The molecule has 2 aliphatic rings. The zero-order valence-electron chi connectivity index (χ0n) is 16.5. The van der Waals surface area contributed by atoms with Crippen LogP contribution < -0.4 is 10.2 Å². The fraction of sp³-hybridized carbons (Fsp3) is 0.550. The van der Waals surface area contributed by atoms with Crippen LogP contribution in [0, 0.1) is 0 Å². The van der Waals surface area contributed by atoms with Crippen LogP contribution in [-0.4, -0.2) is 77.1 Å². The average Bonchev–Trinajstić information content (AvgIpc) is 3.28. The molecule has 2 aliphatic heterocycles. The highest BCUT2D eigenvalue weighted by molar-refractivity contribution is 5.74. The molecule has 0 bridgehead atoms. The van der Waals surface area contributed by atoms with E-state index in [0.29, 0.717) is 19.0 Å². The van der Waals surface area contributed by atoms with E-state index in [2.05, 4.69) is 49.2 Å². The smallest absolute Gasteiger partial charge is 0.317 e. The van der Waals surface area contributed by atoms with Gasteiger partial charge in [-0.1, -0.05) is 6.07 Å². The molecule has 0 radical (unpaired) electrons. The number of piperazine rings is 1. The largest absolute Gasteiger partial charge is 0.354 e. The van der Waals surface area contributed by atoms with E-state index in [1.54, 1.807) is 6.20 Å². The topological polar surface area (TPSA) is 80.4 Å². The number of aromatic amines is 1. The fourth-order valence-corrected chi connectivity index (χ4v) is 3.92. The van der Waals surface area contributed by atoms with Crippen LogP contribution in [0.4, 0.5) is 10.6 Å². The number of hydrogen-bond acceptors (Lipinski definition) is 5. The van der Waals surface area contributed by atoms with Gasteiger partial charge < -0.3 is 25.0 Å². The Labute approximate surface area is 165 Å². The number of pyridine rings is 1. The average molecular weight is 384 g/mol. The molecule has 2 N–H and O–H groups in total. The molecule has 2 fully saturated rings. The van der Waals surface area contributed by atoms with E-state index in [-0.39, 0.29) is 6.03 Å². The number of carbonyl (C=O) groups is 1. The van der Waals surface area contributed by atoms with Gasteiger partial charge in [0.1, 0.15) is 11.6 Å². The first kappa shape index (κ1) is 18.7. The molecule has 4 rings (SSSR count). The number of H-pyrrole nitrogens is 1. The second kappa shape index (κ2) is 8.60. The minimum Gasteiger partial charge on any atom is -0.354 e. The molecule has 0 spiro atoms. The summed E-state index contributed by atoms with van der Waals surface area (Å²) < 4.78 is 0. The van der Waals surface area contributed by atoms with Gasteiger partial charge in [0.05, 0.1) is 0 Å². The summed E-state index contributed by atoms with van der Waals surface area (Å²) in [7, 11) is 2.15. The number of nitrogens with one attached hydrogen (secondary N) is 2. The minimum atomic E-state index is -0.0144. The number of amides is 2. The molecule has 8 nitrogen and oxygen atoms in total. The van der Waals surface area contributed by atoms with Crippen LogP contribution in [0.15, 0.2) is 30.7 Å². The second-order valence-corrected chi connectivity index (χ2v) is 7.73. The number of imidazole rings is 1. The van der Waals surface area contributed by atoms with Crippen LogP contribution in [-0.2, 0) is 6.54 Å². The van der Waals surface area contributed by atoms with Gasteiger partial charge in [-0.05, 0) is 31.5 Å². The van der Waals surface area contributed by atoms with E-state index in [9.17, 15) is 4.79 Å². The van der Waals surface area contributed by atoms with Gasteiger partial charge in [0, 0.05) is 70.3 Å². The van der Waals surface area contributed by atoms with Crippen molar-refractivity contribution in [1.29, 1.82) is 0 Å². The van der Waals surface area contributed by atoms with Gasteiger partial charge in [-0.15, -0.1) is 0 Å². The van der Waals surface area contributed by atoms with Crippen LogP contribution >= 0.6 is 0 Å². The lowest BCUT2D eigenvalue weighted by atomic mass is 9.98. The summed E-state index contributed by atoms with van der Waals surface area (Å²) in [4.78, 5) is 31.2. The number of hydrogen-bond donors (Lipinski definition) is 2. The summed E-state index contributed by atoms with van der Waals surface area (Å²) in [5.74, 6) is 2.28. The van der Waals surface area contributed by atoms with Crippen LogP contribution in [0.2, 0.25) is 0 Å². The molecule has 2 saturated heterocycles. The number of nitrogens with zero attached hydrogens (tertiary/aromatic N) is 5. The van der Waals surface area contributed by atoms with E-state index < -0.39 is 0 Å². The Morgan fingerprint density at radius 1 is 1.21 bits per heavy atom. The van der Waals surface area contributed by atoms with Crippen molar-refractivity contribution in [3.63, 3.8) is 0 Å². The number of rotatable bonds is 4. The Morgan fingerprint density at radius 2 is 2.07 bits per heavy atom. The predicted molar refractivity (Wildman–Crippen MR) is 108 cm³/mol. The van der Waals surface area contributed by atoms with Crippen LogP contribution in [0.3, 0.4) is 0 Å². The van der Waals surface area contributed by atoms with Crippen molar-refractivity contribution in [1.82, 2.24) is 30.1 Å². The van der Waals surface area contributed by atoms with Gasteiger partial charge in [0.25, 0.3) is 0 Å². The lowest BCUT2D eigenvalue weighted by Gasteiger charge is -2.33. The third-order valence-electron chi connectivity index (χ3n) is 5.69. The van der Waals surface area contributed by atoms with Gasteiger partial charge in [0.2, 0.25) is 0 Å². The molecular formula is C20H29N7O. The second-order valence-electron chi connectivity index (χ2n) is 7.73. The quantitative estimate of drug-likeness (QED) is 0.839.